The van der Waals surface area contributed by atoms with Crippen LogP contribution in [-0.4, -0.2) is 56.1 Å². The third kappa shape index (κ3) is 5.18. The minimum Gasteiger partial charge on any atom is -0.493 e. The number of amides is 1. The summed E-state index contributed by atoms with van der Waals surface area (Å²) in [6.07, 6.45) is 3.38. The SMILES string of the molecule is C=CCc1cc(C(=O)N2CCCN(Cc3ccccc3)CC2)cc(OC)c1OC. The van der Waals surface area contributed by atoms with E-state index in [9.17, 15) is 4.79 Å². The number of allylic oxidation sites excluding steroid dienone is 1. The van der Waals surface area contributed by atoms with E-state index in [1.165, 1.54) is 5.56 Å². The van der Waals surface area contributed by atoms with Gasteiger partial charge in [0, 0.05) is 43.9 Å². The lowest BCUT2D eigenvalue weighted by molar-refractivity contribution is 0.0760. The van der Waals surface area contributed by atoms with Crippen LogP contribution in [0, 0.1) is 0 Å². The average Bonchev–Trinajstić information content (AvgIpc) is 2.99. The third-order valence-electron chi connectivity index (χ3n) is 5.29. The zero-order valence-corrected chi connectivity index (χ0v) is 17.4. The molecule has 0 saturated carbocycles. The normalized spacial score (nSPS) is 14.9. The molecule has 29 heavy (non-hydrogen) atoms. The van der Waals surface area contributed by atoms with Crippen LogP contribution in [0.5, 0.6) is 11.5 Å². The predicted molar refractivity (Wildman–Crippen MR) is 116 cm³/mol. The fourth-order valence-electron chi connectivity index (χ4n) is 3.83. The van der Waals surface area contributed by atoms with Crippen LogP contribution in [0.15, 0.2) is 55.1 Å². The standard InChI is InChI=1S/C24H30N2O3/c1-4-9-20-16-21(17-22(28-2)23(20)29-3)24(27)26-13-8-12-25(14-15-26)18-19-10-6-5-7-11-19/h4-7,10-11,16-17H,1,8-9,12-15,18H2,2-3H3. The topological polar surface area (TPSA) is 42.0 Å². The van der Waals surface area contributed by atoms with Crippen molar-refractivity contribution >= 4 is 5.91 Å². The van der Waals surface area contributed by atoms with Crippen molar-refractivity contribution in [1.29, 1.82) is 0 Å². The van der Waals surface area contributed by atoms with E-state index in [0.717, 1.165) is 44.7 Å². The number of carbonyl (C=O) groups is 1. The summed E-state index contributed by atoms with van der Waals surface area (Å²) in [7, 11) is 3.21. The lowest BCUT2D eigenvalue weighted by atomic mass is 10.0. The van der Waals surface area contributed by atoms with Crippen molar-refractivity contribution in [3.63, 3.8) is 0 Å². The molecule has 1 aliphatic heterocycles. The van der Waals surface area contributed by atoms with E-state index >= 15 is 0 Å². The van der Waals surface area contributed by atoms with Gasteiger partial charge in [0.05, 0.1) is 14.2 Å². The van der Waals surface area contributed by atoms with Gasteiger partial charge < -0.3 is 14.4 Å². The fraction of sp³-hybridized carbons (Fsp3) is 0.375. The Bertz CT molecular complexity index is 836. The molecule has 1 amide bonds. The Kier molecular flexibility index (Phi) is 7.30. The number of rotatable bonds is 7. The molecule has 0 radical (unpaired) electrons. The van der Waals surface area contributed by atoms with Crippen LogP contribution in [-0.2, 0) is 13.0 Å². The number of hydrogen-bond acceptors (Lipinski definition) is 4. The maximum atomic E-state index is 13.2. The summed E-state index contributed by atoms with van der Waals surface area (Å²) < 4.78 is 11.0. The summed E-state index contributed by atoms with van der Waals surface area (Å²) in [6, 6.07) is 14.2. The van der Waals surface area contributed by atoms with Crippen molar-refractivity contribution in [3.05, 3.63) is 71.8 Å². The molecule has 0 unspecified atom stereocenters. The highest BCUT2D eigenvalue weighted by Crippen LogP contribution is 2.33. The van der Waals surface area contributed by atoms with Crippen molar-refractivity contribution in [3.8, 4) is 11.5 Å². The zero-order chi connectivity index (χ0) is 20.6. The summed E-state index contributed by atoms with van der Waals surface area (Å²) in [5.41, 5.74) is 2.85. The molecule has 2 aromatic carbocycles. The molecule has 5 nitrogen and oxygen atoms in total. The summed E-state index contributed by atoms with van der Waals surface area (Å²) in [5, 5.41) is 0. The average molecular weight is 395 g/mol. The number of ether oxygens (including phenoxy) is 2. The number of carbonyl (C=O) groups excluding carboxylic acids is 1. The first-order chi connectivity index (χ1) is 14.2. The Balaban J connectivity index is 1.73. The molecule has 1 saturated heterocycles. The molecule has 2 aromatic rings. The quantitative estimate of drug-likeness (QED) is 0.670. The molecule has 1 fully saturated rings. The maximum Gasteiger partial charge on any atom is 0.254 e. The van der Waals surface area contributed by atoms with Gasteiger partial charge in [-0.3, -0.25) is 9.69 Å². The maximum absolute atomic E-state index is 13.2. The van der Waals surface area contributed by atoms with Crippen LogP contribution in [0.4, 0.5) is 0 Å². The summed E-state index contributed by atoms with van der Waals surface area (Å²) in [4.78, 5) is 17.6. The smallest absolute Gasteiger partial charge is 0.254 e. The van der Waals surface area contributed by atoms with Crippen molar-refractivity contribution in [2.75, 3.05) is 40.4 Å². The van der Waals surface area contributed by atoms with E-state index in [4.69, 9.17) is 9.47 Å². The highest BCUT2D eigenvalue weighted by molar-refractivity contribution is 5.95. The van der Waals surface area contributed by atoms with Gasteiger partial charge in [0.1, 0.15) is 0 Å². The van der Waals surface area contributed by atoms with Gasteiger partial charge in [-0.05, 0) is 30.5 Å². The first-order valence-corrected chi connectivity index (χ1v) is 10.1. The van der Waals surface area contributed by atoms with Crippen LogP contribution >= 0.6 is 0 Å². The number of methoxy groups -OCH3 is 2. The highest BCUT2D eigenvalue weighted by Gasteiger charge is 2.23. The van der Waals surface area contributed by atoms with E-state index in [0.29, 0.717) is 23.5 Å². The van der Waals surface area contributed by atoms with Crippen LogP contribution in [0.2, 0.25) is 0 Å². The van der Waals surface area contributed by atoms with Gasteiger partial charge in [-0.15, -0.1) is 6.58 Å². The molecule has 0 spiro atoms. The van der Waals surface area contributed by atoms with E-state index in [1.54, 1.807) is 26.4 Å². The lowest BCUT2D eigenvalue weighted by Gasteiger charge is -2.23. The van der Waals surface area contributed by atoms with E-state index in [1.807, 2.05) is 17.0 Å². The van der Waals surface area contributed by atoms with Gasteiger partial charge >= 0.3 is 0 Å². The molecule has 154 valence electrons. The number of hydrogen-bond donors (Lipinski definition) is 0. The predicted octanol–water partition coefficient (Wildman–Crippen LogP) is 3.78. The first kappa shape index (κ1) is 20.9. The van der Waals surface area contributed by atoms with Crippen LogP contribution in [0.25, 0.3) is 0 Å². The van der Waals surface area contributed by atoms with Crippen molar-refractivity contribution in [2.45, 2.75) is 19.4 Å². The van der Waals surface area contributed by atoms with Gasteiger partial charge in [0.15, 0.2) is 11.5 Å². The molecule has 0 bridgehead atoms. The Morgan fingerprint density at radius 1 is 1.07 bits per heavy atom. The fourth-order valence-corrected chi connectivity index (χ4v) is 3.83. The summed E-state index contributed by atoms with van der Waals surface area (Å²) >= 11 is 0. The van der Waals surface area contributed by atoms with Gasteiger partial charge in [-0.25, -0.2) is 0 Å². The molecule has 1 aliphatic rings. The Labute approximate surface area is 173 Å². The Morgan fingerprint density at radius 3 is 2.55 bits per heavy atom. The van der Waals surface area contributed by atoms with E-state index in [2.05, 4.69) is 35.7 Å². The van der Waals surface area contributed by atoms with Crippen LogP contribution < -0.4 is 9.47 Å². The van der Waals surface area contributed by atoms with Crippen LogP contribution in [0.1, 0.15) is 27.9 Å². The first-order valence-electron chi connectivity index (χ1n) is 10.1. The monoisotopic (exact) mass is 394 g/mol. The van der Waals surface area contributed by atoms with E-state index < -0.39 is 0 Å². The molecule has 3 rings (SSSR count). The Hall–Kier alpha value is -2.79. The Morgan fingerprint density at radius 2 is 1.86 bits per heavy atom. The minimum atomic E-state index is 0.0397. The number of nitrogens with zero attached hydrogens (tertiary/aromatic N) is 2. The molecule has 0 aromatic heterocycles. The molecule has 5 heteroatoms. The molecule has 0 aliphatic carbocycles. The lowest BCUT2D eigenvalue weighted by Crippen LogP contribution is -2.35. The van der Waals surface area contributed by atoms with Gasteiger partial charge in [-0.2, -0.15) is 0 Å². The molecule has 1 heterocycles. The molecule has 0 N–H and O–H groups in total. The summed E-state index contributed by atoms with van der Waals surface area (Å²) in [6.45, 7) is 8.07. The second-order valence-corrected chi connectivity index (χ2v) is 7.27. The van der Waals surface area contributed by atoms with E-state index in [-0.39, 0.29) is 5.91 Å². The molecular weight excluding hydrogens is 364 g/mol. The zero-order valence-electron chi connectivity index (χ0n) is 17.4. The van der Waals surface area contributed by atoms with Gasteiger partial charge in [-0.1, -0.05) is 36.4 Å². The largest absolute Gasteiger partial charge is 0.493 e. The highest BCUT2D eigenvalue weighted by atomic mass is 16.5. The minimum absolute atomic E-state index is 0.0397. The van der Waals surface area contributed by atoms with Gasteiger partial charge in [0.25, 0.3) is 5.91 Å². The van der Waals surface area contributed by atoms with Crippen molar-refractivity contribution in [2.24, 2.45) is 0 Å². The molecular formula is C24H30N2O3. The van der Waals surface area contributed by atoms with Crippen molar-refractivity contribution < 1.29 is 14.3 Å². The van der Waals surface area contributed by atoms with Gasteiger partial charge in [0.2, 0.25) is 0 Å². The van der Waals surface area contributed by atoms with Crippen LogP contribution in [0.3, 0.4) is 0 Å². The second kappa shape index (κ2) is 10.1. The number of benzene rings is 2. The van der Waals surface area contributed by atoms with Crippen molar-refractivity contribution in [1.82, 2.24) is 9.80 Å². The second-order valence-electron chi connectivity index (χ2n) is 7.27. The molecule has 0 atom stereocenters. The third-order valence-corrected chi connectivity index (χ3v) is 5.29. The summed E-state index contributed by atoms with van der Waals surface area (Å²) in [5.74, 6) is 1.28.